The maximum Gasteiger partial charge on any atom is 0.410 e. The van der Waals surface area contributed by atoms with Gasteiger partial charge in [-0.1, -0.05) is 36.4 Å². The molecule has 0 radical (unpaired) electrons. The van der Waals surface area contributed by atoms with Gasteiger partial charge in [-0.3, -0.25) is 0 Å². The van der Waals surface area contributed by atoms with Gasteiger partial charge < -0.3 is 19.7 Å². The average Bonchev–Trinajstić information content (AvgIpc) is 2.82. The van der Waals surface area contributed by atoms with Crippen LogP contribution in [0.4, 0.5) is 10.6 Å². The minimum atomic E-state index is -0.444. The predicted molar refractivity (Wildman–Crippen MR) is 116 cm³/mol. The number of ether oxygens (including phenoxy) is 2. The van der Waals surface area contributed by atoms with Crippen LogP contribution in [0.3, 0.4) is 0 Å². The lowest BCUT2D eigenvalue weighted by atomic mass is 10.1. The highest BCUT2D eigenvalue weighted by Crippen LogP contribution is 2.25. The summed E-state index contributed by atoms with van der Waals surface area (Å²) in [5.41, 5.74) is 1.87. The van der Waals surface area contributed by atoms with E-state index in [-0.39, 0.29) is 18.7 Å². The fourth-order valence-corrected chi connectivity index (χ4v) is 3.74. The minimum Gasteiger partial charge on any atom is -0.465 e. The Labute approximate surface area is 180 Å². The van der Waals surface area contributed by atoms with Gasteiger partial charge in [0.15, 0.2) is 0 Å². The molecule has 1 saturated heterocycles. The largest absolute Gasteiger partial charge is 0.465 e. The molecule has 2 aromatic carbocycles. The molecule has 0 unspecified atom stereocenters. The molecule has 160 valence electrons. The number of carbonyl (C=O) groups excluding carboxylic acids is 2. The molecule has 1 aliphatic heterocycles. The van der Waals surface area contributed by atoms with Gasteiger partial charge in [0.2, 0.25) is 0 Å². The highest BCUT2D eigenvalue weighted by Gasteiger charge is 2.25. The number of aromatic nitrogens is 2. The number of hydrogen-bond donors (Lipinski definition) is 1. The molecular weight excluding hydrogens is 396 g/mol. The first-order valence-electron chi connectivity index (χ1n) is 10.2. The zero-order valence-electron chi connectivity index (χ0n) is 17.3. The smallest absolute Gasteiger partial charge is 0.410 e. The Bertz CT molecular complexity index is 1070. The summed E-state index contributed by atoms with van der Waals surface area (Å²) in [5.74, 6) is 0.181. The van der Waals surface area contributed by atoms with Gasteiger partial charge in [0, 0.05) is 24.5 Å². The molecule has 31 heavy (non-hydrogen) atoms. The van der Waals surface area contributed by atoms with Gasteiger partial charge in [-0.25, -0.2) is 19.6 Å². The van der Waals surface area contributed by atoms with E-state index in [1.807, 2.05) is 36.4 Å². The quantitative estimate of drug-likeness (QED) is 0.630. The number of esters is 1. The van der Waals surface area contributed by atoms with E-state index in [9.17, 15) is 9.59 Å². The second-order valence-electron chi connectivity index (χ2n) is 7.39. The maximum absolute atomic E-state index is 12.5. The summed E-state index contributed by atoms with van der Waals surface area (Å²) in [5, 5.41) is 4.14. The third-order valence-corrected chi connectivity index (χ3v) is 5.30. The van der Waals surface area contributed by atoms with Crippen LogP contribution in [-0.2, 0) is 16.1 Å². The van der Waals surface area contributed by atoms with Crippen LogP contribution in [0.5, 0.6) is 0 Å². The molecule has 8 heteroatoms. The van der Waals surface area contributed by atoms with Crippen molar-refractivity contribution in [3.63, 3.8) is 0 Å². The number of hydrogen-bond acceptors (Lipinski definition) is 7. The molecule has 0 bridgehead atoms. The van der Waals surface area contributed by atoms with Crippen LogP contribution >= 0.6 is 0 Å². The lowest BCUT2D eigenvalue weighted by Gasteiger charge is -2.32. The molecule has 8 nitrogen and oxygen atoms in total. The van der Waals surface area contributed by atoms with Crippen molar-refractivity contribution in [1.82, 2.24) is 14.9 Å². The van der Waals surface area contributed by atoms with Crippen LogP contribution in [0.2, 0.25) is 0 Å². The third kappa shape index (κ3) is 4.74. The summed E-state index contributed by atoms with van der Waals surface area (Å²) in [6, 6.07) is 14.9. The molecule has 1 aromatic heterocycles. The molecule has 3 aromatic rings. The Kier molecular flexibility index (Phi) is 6.26. The van der Waals surface area contributed by atoms with Crippen molar-refractivity contribution in [2.75, 3.05) is 25.5 Å². The van der Waals surface area contributed by atoms with Gasteiger partial charge in [-0.2, -0.15) is 0 Å². The number of piperidine rings is 1. The summed E-state index contributed by atoms with van der Waals surface area (Å²) < 4.78 is 10.3. The van der Waals surface area contributed by atoms with E-state index in [2.05, 4.69) is 15.3 Å². The number of nitrogens with zero attached hydrogens (tertiary/aromatic N) is 3. The molecule has 1 N–H and O–H groups in total. The van der Waals surface area contributed by atoms with E-state index in [0.717, 1.165) is 23.8 Å². The van der Waals surface area contributed by atoms with Crippen molar-refractivity contribution in [1.29, 1.82) is 0 Å². The Morgan fingerprint density at radius 3 is 2.77 bits per heavy atom. The zero-order valence-corrected chi connectivity index (χ0v) is 17.3. The monoisotopic (exact) mass is 420 g/mol. The Hall–Kier alpha value is -3.68. The van der Waals surface area contributed by atoms with Gasteiger partial charge in [0.25, 0.3) is 0 Å². The summed E-state index contributed by atoms with van der Waals surface area (Å²) in [6.07, 6.45) is 2.85. The van der Waals surface area contributed by atoms with Crippen LogP contribution in [0.1, 0.15) is 28.8 Å². The number of para-hydroxylation sites is 1. The topological polar surface area (TPSA) is 93.7 Å². The van der Waals surface area contributed by atoms with Crippen LogP contribution in [0.15, 0.2) is 54.9 Å². The number of rotatable bonds is 5. The Balaban J connectivity index is 1.44. The van der Waals surface area contributed by atoms with Crippen LogP contribution < -0.4 is 5.32 Å². The zero-order chi connectivity index (χ0) is 21.6. The lowest BCUT2D eigenvalue weighted by molar-refractivity contribution is 0.0602. The van der Waals surface area contributed by atoms with Crippen LogP contribution in [0.25, 0.3) is 10.9 Å². The minimum absolute atomic E-state index is 0.0120. The van der Waals surface area contributed by atoms with Crippen LogP contribution in [-0.4, -0.2) is 53.2 Å². The van der Waals surface area contributed by atoms with Crippen molar-refractivity contribution in [3.05, 3.63) is 66.0 Å². The van der Waals surface area contributed by atoms with Gasteiger partial charge in [-0.05, 0) is 30.5 Å². The van der Waals surface area contributed by atoms with Crippen molar-refractivity contribution in [2.45, 2.75) is 25.5 Å². The summed E-state index contributed by atoms with van der Waals surface area (Å²) >= 11 is 0. The molecular formula is C23H24N4O4. The fraction of sp³-hybridized carbons (Fsp3) is 0.304. The Morgan fingerprint density at radius 2 is 1.97 bits per heavy atom. The normalized spacial score (nSPS) is 16.0. The average molecular weight is 420 g/mol. The highest BCUT2D eigenvalue weighted by molar-refractivity contribution is 6.05. The maximum atomic E-state index is 12.5. The molecule has 2 heterocycles. The van der Waals surface area contributed by atoms with Crippen molar-refractivity contribution in [2.24, 2.45) is 0 Å². The molecule has 1 atom stereocenters. The molecule has 0 saturated carbocycles. The predicted octanol–water partition coefficient (Wildman–Crippen LogP) is 3.63. The molecule has 0 spiro atoms. The van der Waals surface area contributed by atoms with E-state index >= 15 is 0 Å². The lowest BCUT2D eigenvalue weighted by Crippen LogP contribution is -2.45. The molecule has 1 amide bonds. The van der Waals surface area contributed by atoms with E-state index in [1.165, 1.54) is 13.4 Å². The second kappa shape index (κ2) is 9.42. The number of amides is 1. The van der Waals surface area contributed by atoms with E-state index in [0.29, 0.717) is 30.0 Å². The highest BCUT2D eigenvalue weighted by atomic mass is 16.6. The van der Waals surface area contributed by atoms with Gasteiger partial charge in [0.1, 0.15) is 18.8 Å². The Morgan fingerprint density at radius 1 is 1.13 bits per heavy atom. The number of likely N-dealkylation sites (tertiary alicyclic amines) is 1. The number of fused-ring (bicyclic) bond motifs is 1. The van der Waals surface area contributed by atoms with E-state index in [1.54, 1.807) is 17.0 Å². The number of nitrogens with one attached hydrogen (secondary N) is 1. The first kappa shape index (κ1) is 20.6. The molecule has 1 aliphatic rings. The molecule has 0 aliphatic carbocycles. The summed E-state index contributed by atoms with van der Waals surface area (Å²) in [4.78, 5) is 34.9. The van der Waals surface area contributed by atoms with Crippen molar-refractivity contribution in [3.8, 4) is 0 Å². The number of carbonyl (C=O) groups is 2. The summed E-state index contributed by atoms with van der Waals surface area (Å²) in [6.45, 7) is 1.42. The third-order valence-electron chi connectivity index (χ3n) is 5.30. The molecule has 1 fully saturated rings. The van der Waals surface area contributed by atoms with Gasteiger partial charge in [0.05, 0.1) is 18.2 Å². The first-order chi connectivity index (χ1) is 15.2. The fourth-order valence-electron chi connectivity index (χ4n) is 3.74. The number of anilines is 1. The first-order valence-corrected chi connectivity index (χ1v) is 10.2. The number of benzene rings is 2. The van der Waals surface area contributed by atoms with Crippen LogP contribution in [0, 0.1) is 0 Å². The standard InChI is InChI=1S/C23H24N4O4/c1-30-22(28)19-11-5-10-18-20(19)24-15-25-21(18)26-17-9-6-12-27(13-17)23(29)31-14-16-7-3-2-4-8-16/h2-5,7-8,10-11,15,17H,6,9,12-14H2,1H3,(H,24,25,26)/t17-/m0/s1. The van der Waals surface area contributed by atoms with Crippen molar-refractivity contribution >= 4 is 28.8 Å². The second-order valence-corrected chi connectivity index (χ2v) is 7.39. The van der Waals surface area contributed by atoms with Gasteiger partial charge >= 0.3 is 12.1 Å². The molecule has 4 rings (SSSR count). The van der Waals surface area contributed by atoms with Crippen molar-refractivity contribution < 1.29 is 19.1 Å². The van der Waals surface area contributed by atoms with Gasteiger partial charge in [-0.15, -0.1) is 0 Å². The number of methoxy groups -OCH3 is 1. The summed E-state index contributed by atoms with van der Waals surface area (Å²) in [7, 11) is 1.34. The SMILES string of the molecule is COC(=O)c1cccc2c(N[C@H]3CCCN(C(=O)OCc4ccccc4)C3)ncnc12. The van der Waals surface area contributed by atoms with E-state index < -0.39 is 5.97 Å². The van der Waals surface area contributed by atoms with E-state index in [4.69, 9.17) is 9.47 Å².